The number of hydrogen-bond donors (Lipinski definition) is 1. The number of aromatic nitrogens is 1. The van der Waals surface area contributed by atoms with E-state index < -0.39 is 0 Å². The maximum absolute atomic E-state index is 4.10. The zero-order valence-corrected chi connectivity index (χ0v) is 10.5. The number of nitrogens with zero attached hydrogens (tertiary/aromatic N) is 2. The van der Waals surface area contributed by atoms with Gasteiger partial charge in [0.25, 0.3) is 0 Å². The number of piperazine rings is 1. The SMILES string of the molecule is C=C(C)C[C@@H](c1ccncc1)N1CCNCC1. The van der Waals surface area contributed by atoms with E-state index in [1.165, 1.54) is 11.1 Å². The molecule has 1 N–H and O–H groups in total. The van der Waals surface area contributed by atoms with Crippen molar-refractivity contribution in [1.29, 1.82) is 0 Å². The first kappa shape index (κ1) is 12.3. The smallest absolute Gasteiger partial charge is 0.0387 e. The highest BCUT2D eigenvalue weighted by Crippen LogP contribution is 2.26. The van der Waals surface area contributed by atoms with Crippen molar-refractivity contribution in [2.75, 3.05) is 26.2 Å². The summed E-state index contributed by atoms with van der Waals surface area (Å²) in [6.45, 7) is 10.5. The second-order valence-corrected chi connectivity index (χ2v) is 4.74. The molecule has 0 aromatic carbocycles. The van der Waals surface area contributed by atoms with Crippen LogP contribution in [0, 0.1) is 0 Å². The van der Waals surface area contributed by atoms with Crippen molar-refractivity contribution in [3.05, 3.63) is 42.2 Å². The predicted molar refractivity (Wildman–Crippen MR) is 70.9 cm³/mol. The third-order valence-corrected chi connectivity index (χ3v) is 3.23. The molecule has 1 aliphatic rings. The quantitative estimate of drug-likeness (QED) is 0.803. The number of pyridine rings is 1. The Bertz CT molecular complexity index is 355. The lowest BCUT2D eigenvalue weighted by Crippen LogP contribution is -2.45. The van der Waals surface area contributed by atoms with E-state index in [4.69, 9.17) is 0 Å². The normalized spacial score (nSPS) is 18.9. The molecule has 3 heteroatoms. The van der Waals surface area contributed by atoms with E-state index >= 15 is 0 Å². The molecule has 17 heavy (non-hydrogen) atoms. The van der Waals surface area contributed by atoms with Crippen LogP contribution in [0.5, 0.6) is 0 Å². The average molecular weight is 231 g/mol. The summed E-state index contributed by atoms with van der Waals surface area (Å²) in [5, 5.41) is 3.40. The molecule has 0 amide bonds. The van der Waals surface area contributed by atoms with Crippen molar-refractivity contribution >= 4 is 0 Å². The van der Waals surface area contributed by atoms with E-state index in [1.54, 1.807) is 0 Å². The number of hydrogen-bond acceptors (Lipinski definition) is 3. The Hall–Kier alpha value is -1.19. The predicted octanol–water partition coefficient (Wildman–Crippen LogP) is 1.99. The first-order chi connectivity index (χ1) is 8.27. The van der Waals surface area contributed by atoms with Crippen LogP contribution in [0.4, 0.5) is 0 Å². The Morgan fingerprint density at radius 3 is 2.65 bits per heavy atom. The van der Waals surface area contributed by atoms with Gasteiger partial charge in [-0.15, -0.1) is 6.58 Å². The molecule has 0 spiro atoms. The largest absolute Gasteiger partial charge is 0.314 e. The first-order valence-corrected chi connectivity index (χ1v) is 6.26. The molecular weight excluding hydrogens is 210 g/mol. The standard InChI is InChI=1S/C14H21N3/c1-12(2)11-14(13-3-5-15-6-4-13)17-9-7-16-8-10-17/h3-6,14,16H,1,7-11H2,2H3/t14-/m0/s1. The molecule has 0 bridgehead atoms. The number of nitrogens with one attached hydrogen (secondary N) is 1. The van der Waals surface area contributed by atoms with Crippen LogP contribution in [-0.2, 0) is 0 Å². The molecule has 3 nitrogen and oxygen atoms in total. The van der Waals surface area contributed by atoms with Gasteiger partial charge in [0.05, 0.1) is 0 Å². The highest BCUT2D eigenvalue weighted by atomic mass is 15.2. The molecule has 0 unspecified atom stereocenters. The lowest BCUT2D eigenvalue weighted by molar-refractivity contribution is 0.172. The van der Waals surface area contributed by atoms with Crippen molar-refractivity contribution in [3.63, 3.8) is 0 Å². The van der Waals surface area contributed by atoms with Gasteiger partial charge in [0.1, 0.15) is 0 Å². The Morgan fingerprint density at radius 2 is 2.06 bits per heavy atom. The van der Waals surface area contributed by atoms with E-state index in [1.807, 2.05) is 12.4 Å². The summed E-state index contributed by atoms with van der Waals surface area (Å²) in [5.41, 5.74) is 2.59. The Labute approximate surface area is 104 Å². The van der Waals surface area contributed by atoms with Gasteiger partial charge in [-0.25, -0.2) is 0 Å². The van der Waals surface area contributed by atoms with Crippen LogP contribution in [0.15, 0.2) is 36.7 Å². The summed E-state index contributed by atoms with van der Waals surface area (Å²) >= 11 is 0. The van der Waals surface area contributed by atoms with Crippen molar-refractivity contribution in [2.24, 2.45) is 0 Å². The van der Waals surface area contributed by atoms with Crippen LogP contribution in [0.3, 0.4) is 0 Å². The third-order valence-electron chi connectivity index (χ3n) is 3.23. The maximum atomic E-state index is 4.10. The van der Waals surface area contributed by atoms with E-state index in [-0.39, 0.29) is 0 Å². The summed E-state index contributed by atoms with van der Waals surface area (Å²) in [7, 11) is 0. The monoisotopic (exact) mass is 231 g/mol. The second-order valence-electron chi connectivity index (χ2n) is 4.74. The van der Waals surface area contributed by atoms with Crippen LogP contribution >= 0.6 is 0 Å². The van der Waals surface area contributed by atoms with Crippen molar-refractivity contribution in [1.82, 2.24) is 15.2 Å². The summed E-state index contributed by atoms with van der Waals surface area (Å²) in [4.78, 5) is 6.64. The Morgan fingerprint density at radius 1 is 1.41 bits per heavy atom. The highest BCUT2D eigenvalue weighted by molar-refractivity contribution is 5.17. The minimum atomic E-state index is 0.456. The fraction of sp³-hybridized carbons (Fsp3) is 0.500. The lowest BCUT2D eigenvalue weighted by atomic mass is 9.99. The van der Waals surface area contributed by atoms with Gasteiger partial charge in [-0.1, -0.05) is 5.57 Å². The van der Waals surface area contributed by atoms with Gasteiger partial charge < -0.3 is 5.32 Å². The zero-order valence-electron chi connectivity index (χ0n) is 10.5. The fourth-order valence-electron chi connectivity index (χ4n) is 2.37. The Kier molecular flexibility index (Phi) is 4.29. The van der Waals surface area contributed by atoms with Crippen molar-refractivity contribution in [2.45, 2.75) is 19.4 Å². The van der Waals surface area contributed by atoms with Gasteiger partial charge in [0.2, 0.25) is 0 Å². The molecule has 2 heterocycles. The molecule has 1 saturated heterocycles. The summed E-state index contributed by atoms with van der Waals surface area (Å²) in [6.07, 6.45) is 4.79. The Balaban J connectivity index is 2.15. The fourth-order valence-corrected chi connectivity index (χ4v) is 2.37. The molecule has 1 atom stereocenters. The topological polar surface area (TPSA) is 28.2 Å². The molecular formula is C14H21N3. The molecule has 1 aromatic heterocycles. The van der Waals surface area contributed by atoms with Crippen LogP contribution in [0.1, 0.15) is 24.9 Å². The summed E-state index contributed by atoms with van der Waals surface area (Å²) in [6, 6.07) is 4.70. The molecule has 0 saturated carbocycles. The van der Waals surface area contributed by atoms with Crippen LogP contribution in [0.25, 0.3) is 0 Å². The number of rotatable bonds is 4. The third kappa shape index (κ3) is 3.38. The molecule has 92 valence electrons. The summed E-state index contributed by atoms with van der Waals surface area (Å²) in [5.74, 6) is 0. The average Bonchev–Trinajstić information content (AvgIpc) is 2.38. The van der Waals surface area contributed by atoms with Crippen LogP contribution in [-0.4, -0.2) is 36.1 Å². The second kappa shape index (κ2) is 5.94. The molecule has 1 aromatic rings. The van der Waals surface area contributed by atoms with Gasteiger partial charge >= 0.3 is 0 Å². The minimum absolute atomic E-state index is 0.456. The first-order valence-electron chi connectivity index (χ1n) is 6.26. The maximum Gasteiger partial charge on any atom is 0.0387 e. The lowest BCUT2D eigenvalue weighted by Gasteiger charge is -2.35. The van der Waals surface area contributed by atoms with E-state index in [0.717, 1.165) is 32.6 Å². The molecule has 1 aliphatic heterocycles. The minimum Gasteiger partial charge on any atom is -0.314 e. The van der Waals surface area contributed by atoms with Gasteiger partial charge in [-0.2, -0.15) is 0 Å². The molecule has 0 aliphatic carbocycles. The van der Waals surface area contributed by atoms with Crippen LogP contribution in [0.2, 0.25) is 0 Å². The molecule has 2 rings (SSSR count). The van der Waals surface area contributed by atoms with Gasteiger partial charge in [0, 0.05) is 44.6 Å². The highest BCUT2D eigenvalue weighted by Gasteiger charge is 2.21. The van der Waals surface area contributed by atoms with E-state index in [2.05, 4.69) is 40.8 Å². The molecule has 1 fully saturated rings. The van der Waals surface area contributed by atoms with Crippen molar-refractivity contribution in [3.8, 4) is 0 Å². The van der Waals surface area contributed by atoms with Gasteiger partial charge in [-0.3, -0.25) is 9.88 Å². The van der Waals surface area contributed by atoms with Crippen molar-refractivity contribution < 1.29 is 0 Å². The molecule has 0 radical (unpaired) electrons. The van der Waals surface area contributed by atoms with Gasteiger partial charge in [0.15, 0.2) is 0 Å². The van der Waals surface area contributed by atoms with Crippen LogP contribution < -0.4 is 5.32 Å². The van der Waals surface area contributed by atoms with E-state index in [0.29, 0.717) is 6.04 Å². The summed E-state index contributed by atoms with van der Waals surface area (Å²) < 4.78 is 0. The zero-order chi connectivity index (χ0) is 12.1. The van der Waals surface area contributed by atoms with E-state index in [9.17, 15) is 0 Å². The van der Waals surface area contributed by atoms with Gasteiger partial charge in [-0.05, 0) is 31.0 Å².